The van der Waals surface area contributed by atoms with Crippen LogP contribution in [-0.2, 0) is 6.42 Å². The Balaban J connectivity index is 2.19. The Morgan fingerprint density at radius 1 is 1.19 bits per heavy atom. The van der Waals surface area contributed by atoms with E-state index in [1.807, 2.05) is 0 Å². The van der Waals surface area contributed by atoms with Crippen LogP contribution in [0.15, 0.2) is 18.2 Å². The SMILES string of the molecule is COc1ccc2c(c1)C(NC(C)(C)CC(C)(C)C)CCC2. The number of aryl methyl sites for hydroxylation is 1. The molecule has 2 heteroatoms. The Labute approximate surface area is 130 Å². The summed E-state index contributed by atoms with van der Waals surface area (Å²) in [6, 6.07) is 6.99. The van der Waals surface area contributed by atoms with E-state index >= 15 is 0 Å². The van der Waals surface area contributed by atoms with Crippen LogP contribution in [-0.4, -0.2) is 12.6 Å². The van der Waals surface area contributed by atoms with Gasteiger partial charge in [0, 0.05) is 11.6 Å². The summed E-state index contributed by atoms with van der Waals surface area (Å²) in [6.45, 7) is 11.6. The molecule has 1 atom stereocenters. The van der Waals surface area contributed by atoms with Crippen LogP contribution >= 0.6 is 0 Å². The first-order valence-corrected chi connectivity index (χ1v) is 8.15. The summed E-state index contributed by atoms with van der Waals surface area (Å²) in [7, 11) is 1.75. The number of fused-ring (bicyclic) bond motifs is 1. The Morgan fingerprint density at radius 2 is 1.90 bits per heavy atom. The fourth-order valence-electron chi connectivity index (χ4n) is 3.90. The normalized spacial score (nSPS) is 19.2. The topological polar surface area (TPSA) is 21.3 Å². The summed E-state index contributed by atoms with van der Waals surface area (Å²) in [4.78, 5) is 0. The van der Waals surface area contributed by atoms with Gasteiger partial charge < -0.3 is 10.1 Å². The van der Waals surface area contributed by atoms with E-state index in [4.69, 9.17) is 4.74 Å². The zero-order valence-corrected chi connectivity index (χ0v) is 14.5. The lowest BCUT2D eigenvalue weighted by Gasteiger charge is -2.39. The van der Waals surface area contributed by atoms with Crippen molar-refractivity contribution in [3.05, 3.63) is 29.3 Å². The fraction of sp³-hybridized carbons (Fsp3) is 0.684. The maximum Gasteiger partial charge on any atom is 0.119 e. The van der Waals surface area contributed by atoms with E-state index in [1.54, 1.807) is 7.11 Å². The zero-order chi connectivity index (χ0) is 15.7. The zero-order valence-electron chi connectivity index (χ0n) is 14.5. The van der Waals surface area contributed by atoms with Gasteiger partial charge in [0.1, 0.15) is 5.75 Å². The van der Waals surface area contributed by atoms with Crippen molar-refractivity contribution in [3.63, 3.8) is 0 Å². The van der Waals surface area contributed by atoms with E-state index in [1.165, 1.54) is 30.4 Å². The van der Waals surface area contributed by atoms with Gasteiger partial charge >= 0.3 is 0 Å². The predicted octanol–water partition coefficient (Wildman–Crippen LogP) is 4.88. The molecule has 0 amide bonds. The van der Waals surface area contributed by atoms with Crippen LogP contribution in [0.2, 0.25) is 0 Å². The highest BCUT2D eigenvalue weighted by Gasteiger charge is 2.30. The molecule has 1 aromatic rings. The molecule has 0 aliphatic heterocycles. The van der Waals surface area contributed by atoms with Gasteiger partial charge in [0.15, 0.2) is 0 Å². The number of hydrogen-bond donors (Lipinski definition) is 1. The first kappa shape index (κ1) is 16.4. The molecule has 0 heterocycles. The quantitative estimate of drug-likeness (QED) is 0.853. The minimum atomic E-state index is 0.139. The van der Waals surface area contributed by atoms with Crippen molar-refractivity contribution >= 4 is 0 Å². The molecule has 1 aromatic carbocycles. The summed E-state index contributed by atoms with van der Waals surface area (Å²) >= 11 is 0. The molecule has 0 radical (unpaired) electrons. The Hall–Kier alpha value is -1.02. The predicted molar refractivity (Wildman–Crippen MR) is 90.0 cm³/mol. The molecular formula is C19H31NO. The third-order valence-corrected chi connectivity index (χ3v) is 4.20. The summed E-state index contributed by atoms with van der Waals surface area (Å²) < 4.78 is 5.41. The molecule has 2 nitrogen and oxygen atoms in total. The van der Waals surface area contributed by atoms with Crippen LogP contribution in [0.5, 0.6) is 5.75 Å². The highest BCUT2D eigenvalue weighted by molar-refractivity contribution is 5.39. The molecule has 0 spiro atoms. The highest BCUT2D eigenvalue weighted by atomic mass is 16.5. The molecule has 0 saturated carbocycles. The van der Waals surface area contributed by atoms with Crippen LogP contribution in [0.3, 0.4) is 0 Å². The average molecular weight is 289 g/mol. The van der Waals surface area contributed by atoms with Crippen LogP contribution in [0, 0.1) is 5.41 Å². The van der Waals surface area contributed by atoms with Gasteiger partial charge in [-0.3, -0.25) is 0 Å². The van der Waals surface area contributed by atoms with Gasteiger partial charge in [-0.2, -0.15) is 0 Å². The third-order valence-electron chi connectivity index (χ3n) is 4.20. The molecule has 1 aliphatic carbocycles. The Morgan fingerprint density at radius 3 is 2.52 bits per heavy atom. The van der Waals surface area contributed by atoms with Crippen LogP contribution in [0.25, 0.3) is 0 Å². The molecule has 0 saturated heterocycles. The molecule has 1 N–H and O–H groups in total. The molecule has 0 fully saturated rings. The lowest BCUT2D eigenvalue weighted by atomic mass is 9.79. The number of hydrogen-bond acceptors (Lipinski definition) is 2. The van der Waals surface area contributed by atoms with E-state index in [0.717, 1.165) is 12.2 Å². The average Bonchev–Trinajstić information content (AvgIpc) is 2.35. The monoisotopic (exact) mass is 289 g/mol. The van der Waals surface area contributed by atoms with Crippen LogP contribution in [0.4, 0.5) is 0 Å². The number of benzene rings is 1. The molecule has 2 rings (SSSR count). The van der Waals surface area contributed by atoms with Gasteiger partial charge in [-0.05, 0) is 68.2 Å². The molecule has 118 valence electrons. The maximum absolute atomic E-state index is 5.41. The summed E-state index contributed by atoms with van der Waals surface area (Å²) in [5.74, 6) is 0.969. The van der Waals surface area contributed by atoms with Crippen molar-refractivity contribution in [1.29, 1.82) is 0 Å². The summed E-state index contributed by atoms with van der Waals surface area (Å²) in [6.07, 6.45) is 4.84. The number of nitrogens with one attached hydrogen (secondary N) is 1. The van der Waals surface area contributed by atoms with Gasteiger partial charge in [0.25, 0.3) is 0 Å². The van der Waals surface area contributed by atoms with Gasteiger partial charge in [-0.25, -0.2) is 0 Å². The maximum atomic E-state index is 5.41. The first-order chi connectivity index (χ1) is 9.70. The highest BCUT2D eigenvalue weighted by Crippen LogP contribution is 2.36. The largest absolute Gasteiger partial charge is 0.497 e. The van der Waals surface area contributed by atoms with Crippen molar-refractivity contribution in [1.82, 2.24) is 5.32 Å². The number of methoxy groups -OCH3 is 1. The number of ether oxygens (including phenoxy) is 1. The van der Waals surface area contributed by atoms with Crippen molar-refractivity contribution < 1.29 is 4.74 Å². The molecule has 1 aliphatic rings. The smallest absolute Gasteiger partial charge is 0.119 e. The lowest BCUT2D eigenvalue weighted by molar-refractivity contribution is 0.215. The van der Waals surface area contributed by atoms with Gasteiger partial charge in [0.2, 0.25) is 0 Å². The minimum absolute atomic E-state index is 0.139. The van der Waals surface area contributed by atoms with E-state index in [9.17, 15) is 0 Å². The van der Waals surface area contributed by atoms with Gasteiger partial charge in [0.05, 0.1) is 7.11 Å². The molecule has 21 heavy (non-hydrogen) atoms. The van der Waals surface area contributed by atoms with E-state index in [2.05, 4.69) is 58.1 Å². The molecular weight excluding hydrogens is 258 g/mol. The van der Waals surface area contributed by atoms with E-state index in [-0.39, 0.29) is 5.54 Å². The lowest BCUT2D eigenvalue weighted by Crippen LogP contribution is -2.45. The molecule has 1 unspecified atom stereocenters. The van der Waals surface area contributed by atoms with Crippen molar-refractivity contribution in [2.45, 2.75) is 71.9 Å². The van der Waals surface area contributed by atoms with Crippen LogP contribution < -0.4 is 10.1 Å². The third kappa shape index (κ3) is 4.47. The van der Waals surface area contributed by atoms with Crippen molar-refractivity contribution in [2.24, 2.45) is 5.41 Å². The number of rotatable bonds is 4. The fourth-order valence-corrected chi connectivity index (χ4v) is 3.90. The molecule has 0 bridgehead atoms. The van der Waals surface area contributed by atoms with E-state index in [0.29, 0.717) is 11.5 Å². The van der Waals surface area contributed by atoms with Crippen molar-refractivity contribution in [3.8, 4) is 5.75 Å². The molecule has 0 aromatic heterocycles. The Kier molecular flexibility index (Phi) is 4.67. The van der Waals surface area contributed by atoms with Gasteiger partial charge in [-0.1, -0.05) is 26.8 Å². The minimum Gasteiger partial charge on any atom is -0.497 e. The summed E-state index contributed by atoms with van der Waals surface area (Å²) in [5.41, 5.74) is 3.39. The van der Waals surface area contributed by atoms with Crippen LogP contribution in [0.1, 0.15) is 71.0 Å². The standard InChI is InChI=1S/C19H31NO/c1-18(2,3)13-19(4,5)20-17-9-7-8-14-10-11-15(21-6)12-16(14)17/h10-12,17,20H,7-9,13H2,1-6H3. The summed E-state index contributed by atoms with van der Waals surface area (Å²) in [5, 5.41) is 3.90. The van der Waals surface area contributed by atoms with E-state index < -0.39 is 0 Å². The Bertz CT molecular complexity index is 485. The second kappa shape index (κ2) is 6.00. The second-order valence-corrected chi connectivity index (χ2v) is 8.28. The second-order valence-electron chi connectivity index (χ2n) is 8.28. The van der Waals surface area contributed by atoms with Gasteiger partial charge in [-0.15, -0.1) is 0 Å². The van der Waals surface area contributed by atoms with Crippen molar-refractivity contribution in [2.75, 3.05) is 7.11 Å². The first-order valence-electron chi connectivity index (χ1n) is 8.15.